The van der Waals surface area contributed by atoms with E-state index in [0.717, 1.165) is 0 Å². The first-order chi connectivity index (χ1) is 10.2. The highest BCUT2D eigenvalue weighted by molar-refractivity contribution is 6.30. The Bertz CT molecular complexity index is 848. The number of hydrogen-bond acceptors (Lipinski definition) is 4. The second-order valence-corrected chi connectivity index (χ2v) is 4.82. The van der Waals surface area contributed by atoms with Crippen LogP contribution in [0.5, 0.6) is 11.5 Å². The second-order valence-electron chi connectivity index (χ2n) is 4.38. The number of benzene rings is 2. The maximum absolute atomic E-state index is 9.37. The summed E-state index contributed by atoms with van der Waals surface area (Å²) in [7, 11) is 0. The lowest BCUT2D eigenvalue weighted by Gasteiger charge is -2.09. The quantitative estimate of drug-likeness (QED) is 0.785. The summed E-state index contributed by atoms with van der Waals surface area (Å²) in [4.78, 5) is 0. The summed E-state index contributed by atoms with van der Waals surface area (Å²) in [5, 5.41) is 19.7. The van der Waals surface area contributed by atoms with Crippen molar-refractivity contribution >= 4 is 22.6 Å². The van der Waals surface area contributed by atoms with Gasteiger partial charge in [-0.15, -0.1) is 0 Å². The molecule has 0 spiro atoms. The van der Waals surface area contributed by atoms with Gasteiger partial charge in [0.2, 0.25) is 5.76 Å². The molecule has 104 valence electrons. The number of para-hydroxylation sites is 1. The second kappa shape index (κ2) is 5.49. The Morgan fingerprint density at radius 3 is 2.81 bits per heavy atom. The van der Waals surface area contributed by atoms with Crippen molar-refractivity contribution in [3.05, 3.63) is 58.8 Å². The summed E-state index contributed by atoms with van der Waals surface area (Å²) in [5.41, 5.74) is 1.14. The molecule has 0 saturated carbocycles. The number of fused-ring (bicyclic) bond motifs is 1. The summed E-state index contributed by atoms with van der Waals surface area (Å²) in [6.45, 7) is -0.190. The summed E-state index contributed by atoms with van der Waals surface area (Å²) < 4.78 is 11.2. The van der Waals surface area contributed by atoms with Gasteiger partial charge in [0, 0.05) is 10.6 Å². The molecule has 1 N–H and O–H groups in total. The first kappa shape index (κ1) is 13.5. The van der Waals surface area contributed by atoms with E-state index in [9.17, 15) is 10.4 Å². The fourth-order valence-corrected chi connectivity index (χ4v) is 2.22. The number of aliphatic hydroxyl groups excluding tert-OH is 1. The third-order valence-corrected chi connectivity index (χ3v) is 3.30. The molecule has 0 atom stereocenters. The normalized spacial score (nSPS) is 10.5. The van der Waals surface area contributed by atoms with Crippen LogP contribution in [-0.4, -0.2) is 5.11 Å². The third kappa shape index (κ3) is 2.45. The van der Waals surface area contributed by atoms with Crippen molar-refractivity contribution in [2.45, 2.75) is 6.61 Å². The molecule has 0 unspecified atom stereocenters. The summed E-state index contributed by atoms with van der Waals surface area (Å²) >= 11 is 5.96. The Labute approximate surface area is 125 Å². The molecule has 0 radical (unpaired) electrons. The van der Waals surface area contributed by atoms with Crippen LogP contribution >= 0.6 is 11.6 Å². The minimum absolute atomic E-state index is 0.0834. The average Bonchev–Trinajstić information content (AvgIpc) is 2.86. The first-order valence-corrected chi connectivity index (χ1v) is 6.59. The van der Waals surface area contributed by atoms with Crippen LogP contribution in [0.25, 0.3) is 11.0 Å². The molecule has 1 heterocycles. The zero-order valence-electron chi connectivity index (χ0n) is 10.8. The van der Waals surface area contributed by atoms with E-state index in [1.165, 1.54) is 0 Å². The molecule has 0 amide bonds. The van der Waals surface area contributed by atoms with Crippen LogP contribution in [0.15, 0.2) is 46.9 Å². The van der Waals surface area contributed by atoms with E-state index in [-0.39, 0.29) is 12.4 Å². The van der Waals surface area contributed by atoms with E-state index < -0.39 is 0 Å². The molecule has 4 nitrogen and oxygen atoms in total. The zero-order chi connectivity index (χ0) is 14.8. The van der Waals surface area contributed by atoms with Crippen molar-refractivity contribution in [2.75, 3.05) is 0 Å². The molecule has 1 aromatic heterocycles. The van der Waals surface area contributed by atoms with Crippen molar-refractivity contribution in [1.82, 2.24) is 0 Å². The lowest BCUT2D eigenvalue weighted by atomic mass is 10.2. The number of ether oxygens (including phenoxy) is 1. The third-order valence-electron chi connectivity index (χ3n) is 3.06. The largest absolute Gasteiger partial charge is 0.451 e. The number of halogens is 1. The van der Waals surface area contributed by atoms with Crippen molar-refractivity contribution in [2.24, 2.45) is 0 Å². The number of nitrogens with zero attached hydrogens (tertiary/aromatic N) is 1. The van der Waals surface area contributed by atoms with Gasteiger partial charge in [0.25, 0.3) is 0 Å². The highest BCUT2D eigenvalue weighted by atomic mass is 35.5. The fraction of sp³-hybridized carbons (Fsp3) is 0.0625. The van der Waals surface area contributed by atoms with Gasteiger partial charge in [0.05, 0.1) is 12.0 Å². The predicted octanol–water partition coefficient (Wildman–Crippen LogP) is 4.24. The molecule has 0 saturated heterocycles. The monoisotopic (exact) mass is 299 g/mol. The van der Waals surface area contributed by atoms with Gasteiger partial charge < -0.3 is 14.3 Å². The Balaban J connectivity index is 2.14. The van der Waals surface area contributed by atoms with Gasteiger partial charge in [-0.3, -0.25) is 0 Å². The smallest absolute Gasteiger partial charge is 0.247 e. The van der Waals surface area contributed by atoms with E-state index in [0.29, 0.717) is 33.1 Å². The van der Waals surface area contributed by atoms with Crippen LogP contribution in [0.2, 0.25) is 5.02 Å². The number of hydrogen-bond donors (Lipinski definition) is 1. The van der Waals surface area contributed by atoms with Gasteiger partial charge in [-0.2, -0.15) is 5.26 Å². The first-order valence-electron chi connectivity index (χ1n) is 6.21. The number of aliphatic hydroxyl groups is 1. The van der Waals surface area contributed by atoms with Crippen LogP contribution in [-0.2, 0) is 6.61 Å². The highest BCUT2D eigenvalue weighted by Crippen LogP contribution is 2.37. The molecule has 0 bridgehead atoms. The number of rotatable bonds is 3. The van der Waals surface area contributed by atoms with E-state index in [1.54, 1.807) is 30.3 Å². The van der Waals surface area contributed by atoms with Gasteiger partial charge >= 0.3 is 0 Å². The van der Waals surface area contributed by atoms with Gasteiger partial charge in [0.1, 0.15) is 17.4 Å². The molecular weight excluding hydrogens is 290 g/mol. The van der Waals surface area contributed by atoms with E-state index in [4.69, 9.17) is 20.8 Å². The van der Waals surface area contributed by atoms with E-state index in [2.05, 4.69) is 0 Å². The SMILES string of the molecule is N#Cc1oc2ccccc2c1Oc1cc(Cl)ccc1CO. The molecule has 0 aliphatic rings. The lowest BCUT2D eigenvalue weighted by molar-refractivity contribution is 0.276. The molecule has 3 rings (SSSR count). The molecule has 0 aliphatic heterocycles. The summed E-state index contributed by atoms with van der Waals surface area (Å²) in [5.74, 6) is 0.804. The van der Waals surface area contributed by atoms with E-state index >= 15 is 0 Å². The molecule has 0 aliphatic carbocycles. The fourth-order valence-electron chi connectivity index (χ4n) is 2.06. The number of furan rings is 1. The van der Waals surface area contributed by atoms with Crippen LogP contribution in [0.1, 0.15) is 11.3 Å². The van der Waals surface area contributed by atoms with Gasteiger partial charge in [-0.1, -0.05) is 29.8 Å². The van der Waals surface area contributed by atoms with Crippen LogP contribution in [0, 0.1) is 11.3 Å². The lowest BCUT2D eigenvalue weighted by Crippen LogP contribution is -1.92. The minimum Gasteiger partial charge on any atom is -0.451 e. The van der Waals surface area contributed by atoms with E-state index in [1.807, 2.05) is 18.2 Å². The maximum atomic E-state index is 9.37. The van der Waals surface area contributed by atoms with Gasteiger partial charge in [0.15, 0.2) is 5.75 Å². The Morgan fingerprint density at radius 2 is 2.05 bits per heavy atom. The minimum atomic E-state index is -0.190. The predicted molar refractivity (Wildman–Crippen MR) is 78.4 cm³/mol. The van der Waals surface area contributed by atoms with Crippen molar-refractivity contribution in [3.8, 4) is 17.6 Å². The Kier molecular flexibility index (Phi) is 3.53. The summed E-state index contributed by atoms with van der Waals surface area (Å²) in [6.07, 6.45) is 0. The highest BCUT2D eigenvalue weighted by Gasteiger charge is 2.17. The molecule has 5 heteroatoms. The van der Waals surface area contributed by atoms with Crippen molar-refractivity contribution < 1.29 is 14.3 Å². The van der Waals surface area contributed by atoms with Gasteiger partial charge in [-0.25, -0.2) is 0 Å². The molecular formula is C16H10ClNO3. The Hall–Kier alpha value is -2.48. The molecule has 3 aromatic rings. The van der Waals surface area contributed by atoms with Crippen LogP contribution in [0.3, 0.4) is 0 Å². The summed E-state index contributed by atoms with van der Waals surface area (Å²) in [6, 6.07) is 14.1. The average molecular weight is 300 g/mol. The standard InChI is InChI=1S/C16H10ClNO3/c17-11-6-5-10(9-19)14(7-11)21-16-12-3-1-2-4-13(12)20-15(16)8-18/h1-7,19H,9H2. The van der Waals surface area contributed by atoms with Crippen molar-refractivity contribution in [1.29, 1.82) is 5.26 Å². The zero-order valence-corrected chi connectivity index (χ0v) is 11.6. The van der Waals surface area contributed by atoms with Crippen LogP contribution in [0.4, 0.5) is 0 Å². The topological polar surface area (TPSA) is 66.4 Å². The molecule has 0 fully saturated rings. The Morgan fingerprint density at radius 1 is 1.24 bits per heavy atom. The maximum Gasteiger partial charge on any atom is 0.247 e. The number of nitriles is 1. The van der Waals surface area contributed by atoms with Crippen LogP contribution < -0.4 is 4.74 Å². The van der Waals surface area contributed by atoms with Gasteiger partial charge in [-0.05, 0) is 24.3 Å². The van der Waals surface area contributed by atoms with Crippen molar-refractivity contribution in [3.63, 3.8) is 0 Å². The molecule has 21 heavy (non-hydrogen) atoms. The molecule has 2 aromatic carbocycles.